The molecule has 1 aliphatic rings. The third kappa shape index (κ3) is 4.47. The second-order valence-electron chi connectivity index (χ2n) is 4.87. The molecule has 0 aromatic rings. The topological polar surface area (TPSA) is 24.8 Å². The van der Waals surface area contributed by atoms with Crippen LogP contribution in [-0.2, 0) is 4.74 Å². The summed E-state index contributed by atoms with van der Waals surface area (Å²) in [6, 6.07) is 0. The van der Waals surface area contributed by atoms with Gasteiger partial charge in [-0.3, -0.25) is 4.99 Å². The maximum atomic E-state index is 14.7. The number of hydrogen-bond acceptors (Lipinski definition) is 3. The number of nitrogens with zero attached hydrogens (tertiary/aromatic N) is 2. The smallest absolute Gasteiger partial charge is 0.132 e. The molecule has 1 atom stereocenters. The molecule has 0 aliphatic heterocycles. The zero-order chi connectivity index (χ0) is 15.8. The Morgan fingerprint density at radius 1 is 1.52 bits per heavy atom. The Bertz CT molecular complexity index is 547. The summed E-state index contributed by atoms with van der Waals surface area (Å²) in [7, 11) is 7.07. The second-order valence-corrected chi connectivity index (χ2v) is 4.87. The van der Waals surface area contributed by atoms with Gasteiger partial charge in [0, 0.05) is 45.0 Å². The van der Waals surface area contributed by atoms with Gasteiger partial charge >= 0.3 is 0 Å². The van der Waals surface area contributed by atoms with Crippen molar-refractivity contribution in [1.29, 1.82) is 0 Å². The molecule has 114 valence electrons. The van der Waals surface area contributed by atoms with Crippen molar-refractivity contribution >= 4 is 6.21 Å². The Morgan fingerprint density at radius 3 is 2.76 bits per heavy atom. The molecule has 0 aromatic carbocycles. The molecule has 0 saturated heterocycles. The Morgan fingerprint density at radius 2 is 2.24 bits per heavy atom. The molecular weight excluding hydrogens is 267 g/mol. The Hall–Kier alpha value is -2.06. The third-order valence-corrected chi connectivity index (χ3v) is 3.22. The lowest BCUT2D eigenvalue weighted by Gasteiger charge is -2.27. The summed E-state index contributed by atoms with van der Waals surface area (Å²) in [5.41, 5.74) is 6.08. The molecule has 0 aromatic heterocycles. The van der Waals surface area contributed by atoms with Crippen LogP contribution in [0.5, 0.6) is 0 Å². The van der Waals surface area contributed by atoms with E-state index >= 15 is 0 Å². The van der Waals surface area contributed by atoms with Crippen molar-refractivity contribution in [3.05, 3.63) is 52.6 Å². The summed E-state index contributed by atoms with van der Waals surface area (Å²) >= 11 is 0. The molecule has 4 heteroatoms. The van der Waals surface area contributed by atoms with Gasteiger partial charge in [-0.2, -0.15) is 0 Å². The molecule has 1 unspecified atom stereocenters. The highest BCUT2D eigenvalue weighted by molar-refractivity contribution is 5.86. The van der Waals surface area contributed by atoms with Gasteiger partial charge in [0.15, 0.2) is 0 Å². The average Bonchev–Trinajstić information content (AvgIpc) is 2.45. The van der Waals surface area contributed by atoms with Gasteiger partial charge in [-0.15, -0.1) is 0 Å². The van der Waals surface area contributed by atoms with Gasteiger partial charge in [-0.1, -0.05) is 11.8 Å². The first-order valence-corrected chi connectivity index (χ1v) is 6.83. The maximum absolute atomic E-state index is 14.7. The highest BCUT2D eigenvalue weighted by Gasteiger charge is 2.25. The van der Waals surface area contributed by atoms with Crippen molar-refractivity contribution < 1.29 is 9.13 Å². The number of alkyl halides is 1. The number of methoxy groups -OCH3 is 1. The fourth-order valence-electron chi connectivity index (χ4n) is 2.19. The Kier molecular flexibility index (Phi) is 6.70. The van der Waals surface area contributed by atoms with Gasteiger partial charge in [0.05, 0.1) is 7.11 Å². The number of halogens is 1. The van der Waals surface area contributed by atoms with Crippen molar-refractivity contribution in [2.75, 3.05) is 28.3 Å². The van der Waals surface area contributed by atoms with E-state index in [1.165, 1.54) is 6.26 Å². The van der Waals surface area contributed by atoms with Crippen LogP contribution >= 0.6 is 0 Å². The Balaban J connectivity index is 3.44. The highest BCUT2D eigenvalue weighted by Crippen LogP contribution is 2.32. The first-order chi connectivity index (χ1) is 10.0. The highest BCUT2D eigenvalue weighted by atomic mass is 19.1. The van der Waals surface area contributed by atoms with Crippen LogP contribution < -0.4 is 0 Å². The molecule has 0 spiro atoms. The van der Waals surface area contributed by atoms with Crippen molar-refractivity contribution in [1.82, 2.24) is 4.90 Å². The zero-order valence-electron chi connectivity index (χ0n) is 13.4. The summed E-state index contributed by atoms with van der Waals surface area (Å²) in [6.45, 7) is 1.88. The molecule has 0 bridgehead atoms. The number of aliphatic imine (C=N–C) groups is 1. The quantitative estimate of drug-likeness (QED) is 0.440. The lowest BCUT2D eigenvalue weighted by atomic mass is 9.88. The molecule has 3 nitrogen and oxygen atoms in total. The molecule has 0 radical (unpaired) electrons. The van der Waals surface area contributed by atoms with Crippen LogP contribution in [0.3, 0.4) is 0 Å². The van der Waals surface area contributed by atoms with Crippen molar-refractivity contribution in [3.8, 4) is 0 Å². The number of allylic oxidation sites excluding steroid dienone is 7. The standard InChI is InChI=1S/C17H23FN2O/c1-6-13(12-19-2)17-14(8-7-9-21-5)10-15(20(3)4)11-16(17)18/h6,8-10,12,16H,11H2,1-5H3/b13-6+,19-12?. The van der Waals surface area contributed by atoms with Crippen molar-refractivity contribution in [2.45, 2.75) is 19.5 Å². The lowest BCUT2D eigenvalue weighted by molar-refractivity contribution is 0.338. The first kappa shape index (κ1) is 17.0. The SMILES string of the molecule is C/C=C(\C=NC)C1=C(C=C=COC)C=C(N(C)C)CC1F. The number of hydrogen-bond donors (Lipinski definition) is 0. The van der Waals surface area contributed by atoms with E-state index in [4.69, 9.17) is 4.74 Å². The first-order valence-electron chi connectivity index (χ1n) is 6.83. The van der Waals surface area contributed by atoms with Gasteiger partial charge in [0.25, 0.3) is 0 Å². The minimum Gasteiger partial charge on any atom is -0.496 e. The zero-order valence-corrected chi connectivity index (χ0v) is 13.4. The van der Waals surface area contributed by atoms with E-state index in [2.05, 4.69) is 10.7 Å². The van der Waals surface area contributed by atoms with E-state index in [-0.39, 0.29) is 0 Å². The summed E-state index contributed by atoms with van der Waals surface area (Å²) < 4.78 is 19.5. The van der Waals surface area contributed by atoms with Crippen molar-refractivity contribution in [2.24, 2.45) is 4.99 Å². The van der Waals surface area contributed by atoms with E-state index in [0.717, 1.165) is 16.8 Å². The molecule has 0 N–H and O–H groups in total. The van der Waals surface area contributed by atoms with Gasteiger partial charge in [0.2, 0.25) is 0 Å². The third-order valence-electron chi connectivity index (χ3n) is 3.22. The largest absolute Gasteiger partial charge is 0.496 e. The second kappa shape index (κ2) is 8.28. The predicted octanol–water partition coefficient (Wildman–Crippen LogP) is 3.43. The molecule has 1 rings (SSSR count). The number of ether oxygens (including phenoxy) is 1. The van der Waals surface area contributed by atoms with Gasteiger partial charge in [-0.05, 0) is 30.2 Å². The molecule has 0 saturated carbocycles. The van der Waals surface area contributed by atoms with Crippen LogP contribution in [0.25, 0.3) is 0 Å². The maximum Gasteiger partial charge on any atom is 0.132 e. The van der Waals surface area contributed by atoms with E-state index in [1.54, 1.807) is 26.4 Å². The van der Waals surface area contributed by atoms with E-state index in [9.17, 15) is 4.39 Å². The fraction of sp³-hybridized carbons (Fsp3) is 0.412. The van der Waals surface area contributed by atoms with E-state index in [1.807, 2.05) is 38.1 Å². The van der Waals surface area contributed by atoms with Crippen LogP contribution in [-0.4, -0.2) is 45.5 Å². The van der Waals surface area contributed by atoms with Crippen LogP contribution in [0.1, 0.15) is 13.3 Å². The molecule has 0 amide bonds. The van der Waals surface area contributed by atoms with Crippen LogP contribution in [0, 0.1) is 0 Å². The molecule has 0 heterocycles. The predicted molar refractivity (Wildman–Crippen MR) is 86.1 cm³/mol. The molecular formula is C17H23FN2O. The van der Waals surface area contributed by atoms with Crippen LogP contribution in [0.15, 0.2) is 57.6 Å². The lowest BCUT2D eigenvalue weighted by Crippen LogP contribution is -2.22. The molecule has 0 fully saturated rings. The summed E-state index contributed by atoms with van der Waals surface area (Å²) in [4.78, 5) is 5.94. The van der Waals surface area contributed by atoms with Crippen LogP contribution in [0.2, 0.25) is 0 Å². The monoisotopic (exact) mass is 290 g/mol. The summed E-state index contributed by atoms with van der Waals surface area (Å²) in [5.74, 6) is 0. The van der Waals surface area contributed by atoms with Crippen molar-refractivity contribution in [3.63, 3.8) is 0 Å². The number of rotatable bonds is 5. The normalized spacial score (nSPS) is 19.2. The van der Waals surface area contributed by atoms with Gasteiger partial charge < -0.3 is 9.64 Å². The summed E-state index contributed by atoms with van der Waals surface area (Å²) in [5, 5.41) is 0. The Labute approximate surface area is 126 Å². The average molecular weight is 290 g/mol. The minimum atomic E-state index is -1.06. The molecule has 1 aliphatic carbocycles. The summed E-state index contributed by atoms with van der Waals surface area (Å²) in [6.07, 6.45) is 8.02. The van der Waals surface area contributed by atoms with Crippen LogP contribution in [0.4, 0.5) is 4.39 Å². The van der Waals surface area contributed by atoms with E-state index in [0.29, 0.717) is 12.0 Å². The minimum absolute atomic E-state index is 0.364. The molecule has 21 heavy (non-hydrogen) atoms. The van der Waals surface area contributed by atoms with Gasteiger partial charge in [0.1, 0.15) is 12.4 Å². The van der Waals surface area contributed by atoms with E-state index < -0.39 is 6.17 Å². The van der Waals surface area contributed by atoms with Gasteiger partial charge in [-0.25, -0.2) is 4.39 Å². The fourth-order valence-corrected chi connectivity index (χ4v) is 2.19.